The van der Waals surface area contributed by atoms with Gasteiger partial charge in [-0.3, -0.25) is 0 Å². The maximum absolute atomic E-state index is 5.97. The van der Waals surface area contributed by atoms with Crippen molar-refractivity contribution < 1.29 is 0 Å². The van der Waals surface area contributed by atoms with E-state index in [4.69, 9.17) is 17.3 Å². The first-order chi connectivity index (χ1) is 5.29. The van der Waals surface area contributed by atoms with Crippen LogP contribution >= 0.6 is 11.6 Å². The largest absolute Gasteiger partial charge is 0.327 e. The molecule has 0 radical (unpaired) electrons. The predicted octanol–water partition coefficient (Wildman–Crippen LogP) is 2.15. The van der Waals surface area contributed by atoms with Gasteiger partial charge in [0.15, 0.2) is 0 Å². The predicted molar refractivity (Wildman–Crippen MR) is 46.8 cm³/mol. The van der Waals surface area contributed by atoms with E-state index in [2.05, 4.69) is 6.07 Å². The van der Waals surface area contributed by atoms with E-state index in [0.29, 0.717) is 12.0 Å². The lowest BCUT2D eigenvalue weighted by atomic mass is 10.1. The summed E-state index contributed by atoms with van der Waals surface area (Å²) in [6.07, 6.45) is 1.09. The van der Waals surface area contributed by atoms with Gasteiger partial charge in [-0.15, -0.1) is 0 Å². The van der Waals surface area contributed by atoms with Gasteiger partial charge in [0.2, 0.25) is 0 Å². The van der Waals surface area contributed by atoms with Crippen molar-refractivity contribution in [2.75, 3.05) is 0 Å². The average Bonchev–Trinajstić information content (AvgIpc) is 2.68. The van der Waals surface area contributed by atoms with Crippen molar-refractivity contribution in [2.24, 2.45) is 5.73 Å². The summed E-state index contributed by atoms with van der Waals surface area (Å²) in [7, 11) is 0. The van der Waals surface area contributed by atoms with Crippen molar-refractivity contribution >= 4 is 11.6 Å². The van der Waals surface area contributed by atoms with Gasteiger partial charge in [-0.1, -0.05) is 29.8 Å². The van der Waals surface area contributed by atoms with Crippen LogP contribution in [-0.4, -0.2) is 6.04 Å². The maximum Gasteiger partial charge on any atom is 0.0441 e. The summed E-state index contributed by atoms with van der Waals surface area (Å²) in [5.74, 6) is 0.517. The van der Waals surface area contributed by atoms with Crippen LogP contribution in [0.25, 0.3) is 0 Å². The van der Waals surface area contributed by atoms with Crippen LogP contribution < -0.4 is 5.73 Å². The Morgan fingerprint density at radius 3 is 2.55 bits per heavy atom. The molecule has 2 N–H and O–H groups in total. The molecule has 1 aliphatic rings. The van der Waals surface area contributed by atoms with Crippen LogP contribution in [0.15, 0.2) is 24.3 Å². The molecular weight excluding hydrogens is 158 g/mol. The summed E-state index contributed by atoms with van der Waals surface area (Å²) < 4.78 is 0. The SMILES string of the molecule is N[C@@H]1C[C@@H]1c1ccccc1Cl. The second-order valence-electron chi connectivity index (χ2n) is 3.03. The van der Waals surface area contributed by atoms with E-state index in [1.54, 1.807) is 0 Å². The van der Waals surface area contributed by atoms with E-state index in [1.165, 1.54) is 5.56 Å². The highest BCUT2D eigenvalue weighted by Gasteiger charge is 2.35. The molecule has 2 rings (SSSR count). The number of halogens is 1. The van der Waals surface area contributed by atoms with Crippen molar-refractivity contribution in [2.45, 2.75) is 18.4 Å². The summed E-state index contributed by atoms with van der Waals surface area (Å²) in [6.45, 7) is 0. The van der Waals surface area contributed by atoms with Crippen LogP contribution in [0.2, 0.25) is 5.02 Å². The van der Waals surface area contributed by atoms with Gasteiger partial charge in [0, 0.05) is 17.0 Å². The summed E-state index contributed by atoms with van der Waals surface area (Å²) in [6, 6.07) is 8.27. The van der Waals surface area contributed by atoms with Crippen LogP contribution in [0, 0.1) is 0 Å². The first-order valence-electron chi connectivity index (χ1n) is 3.79. The lowest BCUT2D eigenvalue weighted by Gasteiger charge is -1.99. The fourth-order valence-corrected chi connectivity index (χ4v) is 1.62. The molecule has 11 heavy (non-hydrogen) atoms. The van der Waals surface area contributed by atoms with Crippen molar-refractivity contribution in [3.63, 3.8) is 0 Å². The van der Waals surface area contributed by atoms with Gasteiger partial charge in [0.05, 0.1) is 0 Å². The zero-order valence-corrected chi connectivity index (χ0v) is 6.88. The van der Waals surface area contributed by atoms with Crippen LogP contribution in [-0.2, 0) is 0 Å². The normalized spacial score (nSPS) is 28.5. The maximum atomic E-state index is 5.97. The summed E-state index contributed by atoms with van der Waals surface area (Å²) >= 11 is 5.97. The molecule has 0 spiro atoms. The molecule has 0 unspecified atom stereocenters. The van der Waals surface area contributed by atoms with E-state index in [9.17, 15) is 0 Å². The Balaban J connectivity index is 2.31. The highest BCUT2D eigenvalue weighted by molar-refractivity contribution is 6.31. The van der Waals surface area contributed by atoms with Gasteiger partial charge >= 0.3 is 0 Å². The molecule has 1 fully saturated rings. The number of hydrogen-bond acceptors (Lipinski definition) is 1. The first kappa shape index (κ1) is 7.14. The Morgan fingerprint density at radius 1 is 1.36 bits per heavy atom. The van der Waals surface area contributed by atoms with Gasteiger partial charge in [-0.05, 0) is 18.1 Å². The van der Waals surface area contributed by atoms with Crippen LogP contribution in [0.4, 0.5) is 0 Å². The van der Waals surface area contributed by atoms with Crippen molar-refractivity contribution in [1.82, 2.24) is 0 Å². The van der Waals surface area contributed by atoms with Crippen molar-refractivity contribution in [3.05, 3.63) is 34.9 Å². The Kier molecular flexibility index (Phi) is 1.63. The standard InChI is InChI=1S/C9H10ClN/c10-8-4-2-1-3-6(8)7-5-9(7)11/h1-4,7,9H,5,11H2/t7-,9-/m1/s1. The fraction of sp³-hybridized carbons (Fsp3) is 0.333. The summed E-state index contributed by atoms with van der Waals surface area (Å²) in [5.41, 5.74) is 6.92. The number of rotatable bonds is 1. The smallest absolute Gasteiger partial charge is 0.0441 e. The molecular formula is C9H10ClN. The van der Waals surface area contributed by atoms with Crippen LogP contribution in [0.1, 0.15) is 17.9 Å². The highest BCUT2D eigenvalue weighted by atomic mass is 35.5. The molecule has 0 saturated heterocycles. The molecule has 1 saturated carbocycles. The molecule has 2 atom stereocenters. The van der Waals surface area contributed by atoms with Gasteiger partial charge in [0.25, 0.3) is 0 Å². The zero-order valence-electron chi connectivity index (χ0n) is 6.13. The van der Waals surface area contributed by atoms with Gasteiger partial charge in [0.1, 0.15) is 0 Å². The molecule has 0 amide bonds. The van der Waals surface area contributed by atoms with E-state index >= 15 is 0 Å². The molecule has 0 aliphatic heterocycles. The minimum Gasteiger partial charge on any atom is -0.327 e. The molecule has 1 aromatic rings. The monoisotopic (exact) mass is 167 g/mol. The summed E-state index contributed by atoms with van der Waals surface area (Å²) in [4.78, 5) is 0. The molecule has 1 nitrogen and oxygen atoms in total. The van der Waals surface area contributed by atoms with Crippen molar-refractivity contribution in [3.8, 4) is 0 Å². The molecule has 58 valence electrons. The zero-order chi connectivity index (χ0) is 7.84. The topological polar surface area (TPSA) is 26.0 Å². The second kappa shape index (κ2) is 2.50. The summed E-state index contributed by atoms with van der Waals surface area (Å²) in [5, 5.41) is 0.852. The number of benzene rings is 1. The first-order valence-corrected chi connectivity index (χ1v) is 4.17. The van der Waals surface area contributed by atoms with Gasteiger partial charge in [-0.25, -0.2) is 0 Å². The lowest BCUT2D eigenvalue weighted by molar-refractivity contribution is 0.991. The van der Waals surface area contributed by atoms with Crippen LogP contribution in [0.5, 0.6) is 0 Å². The average molecular weight is 168 g/mol. The van der Waals surface area contributed by atoms with Crippen molar-refractivity contribution in [1.29, 1.82) is 0 Å². The molecule has 0 heterocycles. The minimum atomic E-state index is 0.342. The van der Waals surface area contributed by atoms with E-state index < -0.39 is 0 Å². The van der Waals surface area contributed by atoms with E-state index in [1.807, 2.05) is 18.2 Å². The van der Waals surface area contributed by atoms with Gasteiger partial charge in [-0.2, -0.15) is 0 Å². The molecule has 1 aromatic carbocycles. The third kappa shape index (κ3) is 1.26. The van der Waals surface area contributed by atoms with Crippen LogP contribution in [0.3, 0.4) is 0 Å². The van der Waals surface area contributed by atoms with Gasteiger partial charge < -0.3 is 5.73 Å². The second-order valence-corrected chi connectivity index (χ2v) is 3.43. The Morgan fingerprint density at radius 2 is 2.00 bits per heavy atom. The molecule has 1 aliphatic carbocycles. The minimum absolute atomic E-state index is 0.342. The fourth-order valence-electron chi connectivity index (χ4n) is 1.35. The lowest BCUT2D eigenvalue weighted by Crippen LogP contribution is -2.00. The molecule has 2 heteroatoms. The molecule has 0 aromatic heterocycles. The van der Waals surface area contributed by atoms with E-state index in [0.717, 1.165) is 11.4 Å². The number of nitrogens with two attached hydrogens (primary N) is 1. The van der Waals surface area contributed by atoms with E-state index in [-0.39, 0.29) is 0 Å². The third-order valence-corrected chi connectivity index (χ3v) is 2.49. The Labute approximate surface area is 71.2 Å². The highest BCUT2D eigenvalue weighted by Crippen LogP contribution is 2.41. The number of hydrogen-bond donors (Lipinski definition) is 1. The third-order valence-electron chi connectivity index (χ3n) is 2.14. The Hall–Kier alpha value is -0.530. The molecule has 0 bridgehead atoms. The Bertz CT molecular complexity index is 272. The quantitative estimate of drug-likeness (QED) is 0.682.